The number of rotatable bonds is 4. The molecule has 152 valence electrons. The highest BCUT2D eigenvalue weighted by Gasteiger charge is 2.50. The summed E-state index contributed by atoms with van der Waals surface area (Å²) >= 11 is 0. The van der Waals surface area contributed by atoms with E-state index in [2.05, 4.69) is 120 Å². The van der Waals surface area contributed by atoms with E-state index in [4.69, 9.17) is 0 Å². The van der Waals surface area contributed by atoms with Gasteiger partial charge in [0, 0.05) is 5.54 Å². The lowest BCUT2D eigenvalue weighted by Gasteiger charge is -2.42. The lowest BCUT2D eigenvalue weighted by atomic mass is 10.1. The van der Waals surface area contributed by atoms with Gasteiger partial charge < -0.3 is 0 Å². The van der Waals surface area contributed by atoms with Crippen molar-refractivity contribution in [2.24, 2.45) is 0 Å². The van der Waals surface area contributed by atoms with E-state index < -0.39 is 8.07 Å². The van der Waals surface area contributed by atoms with Gasteiger partial charge in [-0.25, -0.2) is 0 Å². The molecule has 0 aliphatic heterocycles. The SMILES string of the molecule is CC1=C(C)C([Si](c2ccccc2)(c2ccccc2)c2cccc(C)c2C)C(C)=C1C. The highest BCUT2D eigenvalue weighted by atomic mass is 28.3. The fourth-order valence-electron chi connectivity index (χ4n) is 5.55. The van der Waals surface area contributed by atoms with Crippen molar-refractivity contribution in [1.82, 2.24) is 0 Å². The van der Waals surface area contributed by atoms with Crippen molar-refractivity contribution in [3.8, 4) is 0 Å². The summed E-state index contributed by atoms with van der Waals surface area (Å²) in [6, 6.07) is 29.6. The predicted octanol–water partition coefficient (Wildman–Crippen LogP) is 5.83. The third-order valence-corrected chi connectivity index (χ3v) is 13.1. The monoisotopic (exact) mass is 408 g/mol. The zero-order chi connectivity index (χ0) is 21.5. The normalized spacial score (nSPS) is 15.3. The molecular formula is C29H32Si. The van der Waals surface area contributed by atoms with Gasteiger partial charge in [-0.15, -0.1) is 0 Å². The summed E-state index contributed by atoms with van der Waals surface area (Å²) < 4.78 is 0. The van der Waals surface area contributed by atoms with Gasteiger partial charge in [0.05, 0.1) is 0 Å². The zero-order valence-corrected chi connectivity index (χ0v) is 20.1. The Kier molecular flexibility index (Phi) is 5.42. The molecule has 0 saturated heterocycles. The molecule has 0 N–H and O–H groups in total. The third kappa shape index (κ3) is 2.95. The molecule has 1 heteroatoms. The van der Waals surface area contributed by atoms with Crippen molar-refractivity contribution in [2.45, 2.75) is 47.1 Å². The molecule has 0 unspecified atom stereocenters. The Morgan fingerprint density at radius 1 is 0.533 bits per heavy atom. The topological polar surface area (TPSA) is 0 Å². The Hall–Kier alpha value is -2.64. The number of benzene rings is 3. The van der Waals surface area contributed by atoms with Crippen molar-refractivity contribution in [2.75, 3.05) is 0 Å². The van der Waals surface area contributed by atoms with Crippen molar-refractivity contribution in [1.29, 1.82) is 0 Å². The molecule has 0 nitrogen and oxygen atoms in total. The van der Waals surface area contributed by atoms with Crippen molar-refractivity contribution >= 4 is 23.6 Å². The lowest BCUT2D eigenvalue weighted by Crippen LogP contribution is -2.70. The molecule has 0 aromatic heterocycles. The largest absolute Gasteiger partial charge is 0.159 e. The summed E-state index contributed by atoms with van der Waals surface area (Å²) in [5.41, 5.74) is 9.31. The van der Waals surface area contributed by atoms with E-state index in [0.717, 1.165) is 0 Å². The van der Waals surface area contributed by atoms with Gasteiger partial charge in [-0.2, -0.15) is 0 Å². The average Bonchev–Trinajstić information content (AvgIpc) is 2.97. The quantitative estimate of drug-likeness (QED) is 0.376. The van der Waals surface area contributed by atoms with E-state index in [1.807, 2.05) is 0 Å². The van der Waals surface area contributed by atoms with Gasteiger partial charge in [0.15, 0.2) is 8.07 Å². The van der Waals surface area contributed by atoms with Gasteiger partial charge in [0.25, 0.3) is 0 Å². The Bertz CT molecular complexity index is 1070. The number of allylic oxidation sites excluding steroid dienone is 4. The van der Waals surface area contributed by atoms with Crippen LogP contribution < -0.4 is 15.6 Å². The van der Waals surface area contributed by atoms with E-state index in [9.17, 15) is 0 Å². The molecule has 0 spiro atoms. The van der Waals surface area contributed by atoms with Crippen molar-refractivity contribution in [3.05, 3.63) is 112 Å². The predicted molar refractivity (Wildman–Crippen MR) is 134 cm³/mol. The van der Waals surface area contributed by atoms with Crippen LogP contribution in [-0.2, 0) is 0 Å². The van der Waals surface area contributed by atoms with Gasteiger partial charge in [0.1, 0.15) is 0 Å². The minimum absolute atomic E-state index is 0.433. The summed E-state index contributed by atoms with van der Waals surface area (Å²) in [5.74, 6) is 0. The maximum Gasteiger partial charge on any atom is 0.159 e. The smallest absolute Gasteiger partial charge is 0.0647 e. The Morgan fingerprint density at radius 2 is 1.00 bits per heavy atom. The van der Waals surface area contributed by atoms with Crippen LogP contribution in [0.5, 0.6) is 0 Å². The van der Waals surface area contributed by atoms with E-state index in [1.165, 1.54) is 32.6 Å². The molecule has 1 aliphatic rings. The van der Waals surface area contributed by atoms with Crippen LogP contribution in [0.25, 0.3) is 0 Å². The molecule has 0 bridgehead atoms. The Morgan fingerprint density at radius 3 is 1.47 bits per heavy atom. The molecule has 0 radical (unpaired) electrons. The molecule has 0 amide bonds. The first kappa shape index (κ1) is 20.6. The zero-order valence-electron chi connectivity index (χ0n) is 19.1. The maximum absolute atomic E-state index is 2.41. The summed E-state index contributed by atoms with van der Waals surface area (Å²) in [5, 5.41) is 4.54. The van der Waals surface area contributed by atoms with Crippen LogP contribution in [0.4, 0.5) is 0 Å². The van der Waals surface area contributed by atoms with Gasteiger partial charge >= 0.3 is 0 Å². The fraction of sp³-hybridized carbons (Fsp3) is 0.241. The van der Waals surface area contributed by atoms with Gasteiger partial charge in [-0.1, -0.05) is 90.0 Å². The molecule has 0 heterocycles. The van der Waals surface area contributed by atoms with E-state index >= 15 is 0 Å². The summed E-state index contributed by atoms with van der Waals surface area (Å²) in [7, 11) is -2.39. The second-order valence-corrected chi connectivity index (χ2v) is 12.7. The molecule has 1 aliphatic carbocycles. The van der Waals surface area contributed by atoms with Crippen LogP contribution in [-0.4, -0.2) is 8.07 Å². The average molecular weight is 409 g/mol. The standard InChI is InChI=1S/C29H32Si/c1-20-14-13-19-28(21(20)2)30(26-15-9-7-10-16-26,27-17-11-8-12-18-27)29-24(5)22(3)23(4)25(29)6/h7-19,29H,1-6H3. The van der Waals surface area contributed by atoms with Crippen LogP contribution in [0.2, 0.25) is 5.54 Å². The molecule has 0 atom stereocenters. The fourth-order valence-corrected chi connectivity index (χ4v) is 11.8. The number of aryl methyl sites for hydroxylation is 1. The molecule has 4 rings (SSSR count). The van der Waals surface area contributed by atoms with Crippen LogP contribution in [0, 0.1) is 13.8 Å². The summed E-state index contributed by atoms with van der Waals surface area (Å²) in [6.07, 6.45) is 0. The molecule has 3 aromatic carbocycles. The number of hydrogen-bond acceptors (Lipinski definition) is 0. The van der Waals surface area contributed by atoms with Gasteiger partial charge in [-0.3, -0.25) is 0 Å². The summed E-state index contributed by atoms with van der Waals surface area (Å²) in [6.45, 7) is 14.0. The molecule has 0 saturated carbocycles. The minimum atomic E-state index is -2.39. The van der Waals surface area contributed by atoms with E-state index in [0.29, 0.717) is 5.54 Å². The lowest BCUT2D eigenvalue weighted by molar-refractivity contribution is 1.09. The van der Waals surface area contributed by atoms with E-state index in [1.54, 1.807) is 16.3 Å². The second-order valence-electron chi connectivity index (χ2n) is 8.84. The van der Waals surface area contributed by atoms with Crippen molar-refractivity contribution in [3.63, 3.8) is 0 Å². The molecule has 3 aromatic rings. The highest BCUT2D eigenvalue weighted by Crippen LogP contribution is 2.46. The highest BCUT2D eigenvalue weighted by molar-refractivity contribution is 7.13. The first-order valence-corrected chi connectivity index (χ1v) is 13.0. The molecule has 30 heavy (non-hydrogen) atoms. The first-order valence-electron chi connectivity index (χ1n) is 10.9. The van der Waals surface area contributed by atoms with E-state index in [-0.39, 0.29) is 0 Å². The Balaban J connectivity index is 2.21. The van der Waals surface area contributed by atoms with Crippen molar-refractivity contribution < 1.29 is 0 Å². The van der Waals surface area contributed by atoms with Gasteiger partial charge in [-0.05, 0) is 79.4 Å². The number of hydrogen-bond donors (Lipinski definition) is 0. The Labute approximate surface area is 183 Å². The van der Waals surface area contributed by atoms with Gasteiger partial charge in [0.2, 0.25) is 0 Å². The maximum atomic E-state index is 2.41. The second kappa shape index (κ2) is 7.89. The molecule has 0 fully saturated rings. The van der Waals surface area contributed by atoms with Crippen LogP contribution in [0.1, 0.15) is 38.8 Å². The van der Waals surface area contributed by atoms with Crippen LogP contribution in [0.3, 0.4) is 0 Å². The first-order chi connectivity index (χ1) is 14.4. The third-order valence-electron chi connectivity index (χ3n) is 7.53. The van der Waals surface area contributed by atoms with Crippen LogP contribution in [0.15, 0.2) is 101 Å². The summed E-state index contributed by atoms with van der Waals surface area (Å²) in [4.78, 5) is 0. The van der Waals surface area contributed by atoms with Crippen LogP contribution >= 0.6 is 0 Å². The minimum Gasteiger partial charge on any atom is -0.0647 e. The molecular weight excluding hydrogens is 376 g/mol.